The second kappa shape index (κ2) is 9.32. The highest BCUT2D eigenvalue weighted by Crippen LogP contribution is 2.32. The van der Waals surface area contributed by atoms with Crippen LogP contribution in [-0.2, 0) is 12.0 Å². The van der Waals surface area contributed by atoms with E-state index in [2.05, 4.69) is 48.8 Å². The summed E-state index contributed by atoms with van der Waals surface area (Å²) >= 11 is 0. The molecule has 0 atom stereocenters. The summed E-state index contributed by atoms with van der Waals surface area (Å²) in [5.74, 6) is 4.91. The van der Waals surface area contributed by atoms with Gasteiger partial charge >= 0.3 is 0 Å². The zero-order valence-electron chi connectivity index (χ0n) is 20.0. The molecular formula is C26H33N5O2. The Labute approximate surface area is 195 Å². The van der Waals surface area contributed by atoms with Gasteiger partial charge in [-0.15, -0.1) is 6.42 Å². The highest BCUT2D eigenvalue weighted by atomic mass is 16.5. The average Bonchev–Trinajstić information content (AvgIpc) is 3.24. The third-order valence-corrected chi connectivity index (χ3v) is 6.19. The third kappa shape index (κ3) is 5.07. The normalized spacial score (nSPS) is 15.5. The minimum Gasteiger partial charge on any atom is -0.493 e. The van der Waals surface area contributed by atoms with Gasteiger partial charge in [0.1, 0.15) is 12.4 Å². The molecular weight excluding hydrogens is 414 g/mol. The predicted molar refractivity (Wildman–Crippen MR) is 131 cm³/mol. The molecule has 1 fully saturated rings. The lowest BCUT2D eigenvalue weighted by Gasteiger charge is -2.32. The van der Waals surface area contributed by atoms with Gasteiger partial charge in [0, 0.05) is 35.7 Å². The van der Waals surface area contributed by atoms with E-state index in [0.29, 0.717) is 23.2 Å². The van der Waals surface area contributed by atoms with Crippen LogP contribution in [0.3, 0.4) is 0 Å². The van der Waals surface area contributed by atoms with Crippen molar-refractivity contribution in [3.63, 3.8) is 0 Å². The third-order valence-electron chi connectivity index (χ3n) is 6.19. The van der Waals surface area contributed by atoms with Crippen LogP contribution < -0.4 is 15.2 Å². The summed E-state index contributed by atoms with van der Waals surface area (Å²) in [5.41, 5.74) is 10.4. The van der Waals surface area contributed by atoms with Gasteiger partial charge in [-0.05, 0) is 43.6 Å². The number of hydrogen-bond donors (Lipinski definition) is 1. The van der Waals surface area contributed by atoms with Crippen LogP contribution in [0.1, 0.15) is 56.5 Å². The minimum atomic E-state index is -0.0417. The molecule has 7 heteroatoms. The molecule has 2 aromatic heterocycles. The Hall–Kier alpha value is -3.24. The number of nitrogen functional groups attached to an aromatic ring is 1. The zero-order valence-corrected chi connectivity index (χ0v) is 20.0. The van der Waals surface area contributed by atoms with Crippen molar-refractivity contribution in [1.82, 2.24) is 19.5 Å². The Morgan fingerprint density at radius 2 is 1.91 bits per heavy atom. The topological polar surface area (TPSA) is 77.9 Å². The molecule has 0 radical (unpaired) electrons. The van der Waals surface area contributed by atoms with Crippen molar-refractivity contribution in [2.75, 3.05) is 32.5 Å². The zero-order chi connectivity index (χ0) is 23.6. The summed E-state index contributed by atoms with van der Waals surface area (Å²) in [6, 6.07) is 10.1. The lowest BCUT2D eigenvalue weighted by molar-refractivity contribution is 0.203. The molecule has 3 aromatic rings. The van der Waals surface area contributed by atoms with Gasteiger partial charge in [-0.2, -0.15) is 9.61 Å². The number of terminal acetylenes is 1. The van der Waals surface area contributed by atoms with Gasteiger partial charge < -0.3 is 15.2 Å². The molecule has 7 nitrogen and oxygen atoms in total. The number of methoxy groups -OCH3 is 1. The van der Waals surface area contributed by atoms with Gasteiger partial charge in [0.05, 0.1) is 12.8 Å². The summed E-state index contributed by atoms with van der Waals surface area (Å²) in [4.78, 5) is 7.38. The monoisotopic (exact) mass is 447 g/mol. The molecule has 0 amide bonds. The number of hydrogen-bond acceptors (Lipinski definition) is 6. The first-order valence-electron chi connectivity index (χ1n) is 11.4. The van der Waals surface area contributed by atoms with Crippen molar-refractivity contribution in [2.45, 2.75) is 51.5 Å². The number of ether oxygens (including phenoxy) is 2. The summed E-state index contributed by atoms with van der Waals surface area (Å²) in [5, 5.41) is 4.66. The smallest absolute Gasteiger partial charge is 0.162 e. The summed E-state index contributed by atoms with van der Waals surface area (Å²) in [6.45, 7) is 9.54. The lowest BCUT2D eigenvalue weighted by atomic mass is 9.92. The van der Waals surface area contributed by atoms with Crippen LogP contribution in [-0.4, -0.2) is 46.3 Å². The van der Waals surface area contributed by atoms with Crippen molar-refractivity contribution < 1.29 is 9.47 Å². The molecule has 4 rings (SSSR count). The van der Waals surface area contributed by atoms with E-state index >= 15 is 0 Å². The van der Waals surface area contributed by atoms with Crippen LogP contribution in [0.5, 0.6) is 11.5 Å². The van der Waals surface area contributed by atoms with E-state index in [0.717, 1.165) is 49.5 Å². The van der Waals surface area contributed by atoms with Gasteiger partial charge in [0.15, 0.2) is 17.1 Å². The summed E-state index contributed by atoms with van der Waals surface area (Å²) in [7, 11) is 1.65. The molecule has 0 saturated carbocycles. The average molecular weight is 448 g/mol. The molecule has 3 heterocycles. The maximum atomic E-state index is 6.34. The quantitative estimate of drug-likeness (QED) is 0.576. The lowest BCUT2D eigenvalue weighted by Crippen LogP contribution is -2.32. The molecule has 1 saturated heterocycles. The molecule has 33 heavy (non-hydrogen) atoms. The summed E-state index contributed by atoms with van der Waals surface area (Å²) < 4.78 is 12.8. The van der Waals surface area contributed by atoms with E-state index in [1.54, 1.807) is 11.6 Å². The largest absolute Gasteiger partial charge is 0.493 e. The highest BCUT2D eigenvalue weighted by Gasteiger charge is 2.24. The molecule has 0 aliphatic carbocycles. The van der Waals surface area contributed by atoms with Crippen molar-refractivity contribution in [1.29, 1.82) is 0 Å². The van der Waals surface area contributed by atoms with Crippen molar-refractivity contribution in [3.8, 4) is 23.8 Å². The van der Waals surface area contributed by atoms with Crippen LogP contribution >= 0.6 is 0 Å². The number of fused-ring (bicyclic) bond motifs is 1. The second-order valence-electron chi connectivity index (χ2n) is 9.68. The van der Waals surface area contributed by atoms with E-state index < -0.39 is 0 Å². The molecule has 2 N–H and O–H groups in total. The van der Waals surface area contributed by atoms with Crippen molar-refractivity contribution >= 4 is 11.5 Å². The number of benzene rings is 1. The van der Waals surface area contributed by atoms with Crippen LogP contribution in [0.15, 0.2) is 30.3 Å². The Balaban J connectivity index is 1.42. The van der Waals surface area contributed by atoms with E-state index in [4.69, 9.17) is 26.6 Å². The number of aromatic nitrogens is 3. The van der Waals surface area contributed by atoms with Crippen LogP contribution in [0, 0.1) is 12.3 Å². The van der Waals surface area contributed by atoms with Crippen LogP contribution in [0.2, 0.25) is 0 Å². The fourth-order valence-corrected chi connectivity index (χ4v) is 4.29. The fourth-order valence-electron chi connectivity index (χ4n) is 4.29. The van der Waals surface area contributed by atoms with E-state index in [9.17, 15) is 0 Å². The molecule has 1 aromatic carbocycles. The predicted octanol–water partition coefficient (Wildman–Crippen LogP) is 4.01. The maximum Gasteiger partial charge on any atom is 0.162 e. The van der Waals surface area contributed by atoms with Gasteiger partial charge in [0.25, 0.3) is 0 Å². The fraction of sp³-hybridized carbons (Fsp3) is 0.462. The van der Waals surface area contributed by atoms with E-state index in [1.165, 1.54) is 5.56 Å². The molecule has 0 unspecified atom stereocenters. The van der Waals surface area contributed by atoms with Gasteiger partial charge in [0.2, 0.25) is 0 Å². The molecule has 1 aliphatic heterocycles. The number of nitrogens with zero attached hydrogens (tertiary/aromatic N) is 4. The Morgan fingerprint density at radius 1 is 1.15 bits per heavy atom. The van der Waals surface area contributed by atoms with E-state index in [1.807, 2.05) is 18.2 Å². The number of nitrogens with two attached hydrogens (primary N) is 1. The first-order valence-corrected chi connectivity index (χ1v) is 11.4. The Bertz CT molecular complexity index is 1160. The van der Waals surface area contributed by atoms with Crippen molar-refractivity contribution in [3.05, 3.63) is 47.3 Å². The van der Waals surface area contributed by atoms with Gasteiger partial charge in [-0.3, -0.25) is 4.90 Å². The molecule has 174 valence electrons. The van der Waals surface area contributed by atoms with Crippen LogP contribution in [0.4, 0.5) is 5.82 Å². The van der Waals surface area contributed by atoms with Gasteiger partial charge in [-0.25, -0.2) is 4.98 Å². The second-order valence-corrected chi connectivity index (χ2v) is 9.68. The molecule has 0 spiro atoms. The first-order chi connectivity index (χ1) is 15.8. The summed E-state index contributed by atoms with van der Waals surface area (Å²) in [6.07, 6.45) is 7.38. The SMILES string of the molecule is C#CCOc1ccc(CN2CCC(c3cc(N)n4nc(C(C)(C)C)cc4n3)CC2)cc1OC. The number of rotatable bonds is 6. The maximum absolute atomic E-state index is 6.34. The highest BCUT2D eigenvalue weighted by molar-refractivity contribution is 5.50. The van der Waals surface area contributed by atoms with E-state index in [-0.39, 0.29) is 12.0 Å². The number of anilines is 1. The first kappa shape index (κ1) is 22.9. The van der Waals surface area contributed by atoms with Crippen LogP contribution in [0.25, 0.3) is 5.65 Å². The Morgan fingerprint density at radius 3 is 2.58 bits per heavy atom. The minimum absolute atomic E-state index is 0.0417. The standard InChI is InChI=1S/C26H33N5O2/c1-6-13-33-21-8-7-18(14-22(21)32-5)17-30-11-9-19(10-12-30)20-15-24(27)31-25(28-20)16-23(29-31)26(2,3)4/h1,7-8,14-16,19H,9-13,17,27H2,2-5H3. The van der Waals surface area contributed by atoms with Crippen molar-refractivity contribution in [2.24, 2.45) is 0 Å². The van der Waals surface area contributed by atoms with Gasteiger partial charge in [-0.1, -0.05) is 32.8 Å². The molecule has 1 aliphatic rings. The number of likely N-dealkylation sites (tertiary alicyclic amines) is 1. The Kier molecular flexibility index (Phi) is 6.48. The number of piperidine rings is 1. The molecule has 0 bridgehead atoms.